The van der Waals surface area contributed by atoms with Gasteiger partial charge in [-0.05, 0) is 24.6 Å². The van der Waals surface area contributed by atoms with Crippen LogP contribution in [0, 0.1) is 6.92 Å². The van der Waals surface area contributed by atoms with Gasteiger partial charge in [0, 0.05) is 5.69 Å². The molecule has 3 rings (SSSR count). The Hall–Kier alpha value is -1.68. The van der Waals surface area contributed by atoms with E-state index in [1.165, 1.54) is 16.6 Å². The van der Waals surface area contributed by atoms with Gasteiger partial charge in [0.25, 0.3) is 0 Å². The predicted molar refractivity (Wildman–Crippen MR) is 88.5 cm³/mol. The highest BCUT2D eigenvalue weighted by Gasteiger charge is 2.33. The molecule has 0 aliphatic carbocycles. The van der Waals surface area contributed by atoms with E-state index in [9.17, 15) is 4.79 Å². The second kappa shape index (κ2) is 5.37. The molecule has 0 saturated carbocycles. The van der Waals surface area contributed by atoms with Crippen LogP contribution in [-0.4, -0.2) is 19.5 Å². The Morgan fingerprint density at radius 2 is 1.95 bits per heavy atom. The molecule has 1 amide bonds. The number of thioether (sulfide) groups is 1. The molecule has 2 aromatic carbocycles. The summed E-state index contributed by atoms with van der Waals surface area (Å²) in [4.78, 5) is 14.1. The zero-order chi connectivity index (χ0) is 14.1. The third-order valence-electron chi connectivity index (χ3n) is 3.51. The van der Waals surface area contributed by atoms with Gasteiger partial charge in [0.2, 0.25) is 5.91 Å². The molecule has 0 aromatic heterocycles. The van der Waals surface area contributed by atoms with Crippen molar-refractivity contribution in [3.63, 3.8) is 0 Å². The van der Waals surface area contributed by atoms with Crippen LogP contribution in [0.3, 0.4) is 0 Å². The second-order valence-electron chi connectivity index (χ2n) is 5.18. The average Bonchev–Trinajstić information content (AvgIpc) is 2.82. The first-order chi connectivity index (χ1) is 9.65. The molecule has 1 aliphatic heterocycles. The number of rotatable bonds is 2. The molecule has 0 spiro atoms. The summed E-state index contributed by atoms with van der Waals surface area (Å²) in [5, 5.41) is 0.0881. The number of hydrogen-bond donors (Lipinski definition) is 0. The maximum absolute atomic E-state index is 12.2. The van der Waals surface area contributed by atoms with Crippen molar-refractivity contribution in [2.75, 3.05) is 10.7 Å². The number of carbonyl (C=O) groups excluding carboxylic acids is 1. The highest BCUT2D eigenvalue weighted by Crippen LogP contribution is 2.41. The van der Waals surface area contributed by atoms with Crippen LogP contribution < -0.4 is 10.4 Å². The second-order valence-corrected chi connectivity index (χ2v) is 6.25. The Bertz CT molecular complexity index is 641. The summed E-state index contributed by atoms with van der Waals surface area (Å²) in [6, 6.07) is 16.6. The van der Waals surface area contributed by atoms with Gasteiger partial charge in [-0.2, -0.15) is 0 Å². The van der Waals surface area contributed by atoms with E-state index >= 15 is 0 Å². The minimum absolute atomic E-state index is 0.0881. The fraction of sp³-hybridized carbons (Fsp3) is 0.188. The lowest BCUT2D eigenvalue weighted by Gasteiger charge is -2.24. The van der Waals surface area contributed by atoms with E-state index in [-0.39, 0.29) is 11.3 Å². The highest BCUT2D eigenvalue weighted by atomic mass is 32.2. The molecular formula is C16H16BNOS. The third kappa shape index (κ3) is 2.48. The van der Waals surface area contributed by atoms with Gasteiger partial charge < -0.3 is 0 Å². The molecule has 1 heterocycles. The van der Waals surface area contributed by atoms with Crippen LogP contribution in [0.2, 0.25) is 0 Å². The first-order valence-corrected chi connectivity index (χ1v) is 7.77. The number of carbonyl (C=O) groups is 1. The number of amides is 1. The van der Waals surface area contributed by atoms with Crippen molar-refractivity contribution in [3.05, 3.63) is 59.7 Å². The fourth-order valence-electron chi connectivity index (χ4n) is 2.48. The van der Waals surface area contributed by atoms with Gasteiger partial charge >= 0.3 is 0 Å². The molecule has 0 bridgehead atoms. The Morgan fingerprint density at radius 3 is 2.65 bits per heavy atom. The van der Waals surface area contributed by atoms with Crippen LogP contribution in [-0.2, 0) is 4.79 Å². The lowest BCUT2D eigenvalue weighted by molar-refractivity contribution is -0.115. The van der Waals surface area contributed by atoms with E-state index in [2.05, 4.69) is 51.2 Å². The molecule has 1 fully saturated rings. The van der Waals surface area contributed by atoms with Crippen molar-refractivity contribution in [3.8, 4) is 0 Å². The summed E-state index contributed by atoms with van der Waals surface area (Å²) in [6.07, 6.45) is 0. The van der Waals surface area contributed by atoms with Gasteiger partial charge in [0.05, 0.1) is 5.75 Å². The minimum atomic E-state index is 0.0881. The Balaban J connectivity index is 1.98. The van der Waals surface area contributed by atoms with Gasteiger partial charge in [-0.15, -0.1) is 11.8 Å². The molecule has 0 radical (unpaired) electrons. The van der Waals surface area contributed by atoms with Crippen molar-refractivity contribution in [1.29, 1.82) is 0 Å². The molecular weight excluding hydrogens is 265 g/mol. The molecule has 1 aliphatic rings. The zero-order valence-electron chi connectivity index (χ0n) is 11.7. The van der Waals surface area contributed by atoms with E-state index in [0.29, 0.717) is 5.75 Å². The van der Waals surface area contributed by atoms with Gasteiger partial charge in [-0.25, -0.2) is 0 Å². The number of benzene rings is 2. The lowest BCUT2D eigenvalue weighted by atomic mass is 9.96. The SMILES string of the molecule is Bc1ccc(N2C(=O)CSC2c2cccc(C)c2)cc1. The smallest absolute Gasteiger partial charge is 0.238 e. The van der Waals surface area contributed by atoms with Crippen molar-refractivity contribution in [2.45, 2.75) is 12.3 Å². The van der Waals surface area contributed by atoms with Crippen LogP contribution in [0.25, 0.3) is 0 Å². The summed E-state index contributed by atoms with van der Waals surface area (Å²) in [5.41, 5.74) is 4.62. The topological polar surface area (TPSA) is 20.3 Å². The van der Waals surface area contributed by atoms with Crippen molar-refractivity contribution < 1.29 is 4.79 Å². The first kappa shape index (κ1) is 13.3. The van der Waals surface area contributed by atoms with Gasteiger partial charge in [0.1, 0.15) is 13.2 Å². The summed E-state index contributed by atoms with van der Waals surface area (Å²) in [6.45, 7) is 2.08. The number of anilines is 1. The van der Waals surface area contributed by atoms with E-state index in [1.807, 2.05) is 17.0 Å². The number of hydrogen-bond acceptors (Lipinski definition) is 2. The van der Waals surface area contributed by atoms with E-state index in [4.69, 9.17) is 0 Å². The lowest BCUT2D eigenvalue weighted by Crippen LogP contribution is -2.28. The van der Waals surface area contributed by atoms with E-state index in [0.717, 1.165) is 5.69 Å². The predicted octanol–water partition coefficient (Wildman–Crippen LogP) is 2.03. The molecule has 2 nitrogen and oxygen atoms in total. The molecule has 0 N–H and O–H groups in total. The molecule has 1 saturated heterocycles. The molecule has 4 heteroatoms. The maximum Gasteiger partial charge on any atom is 0.238 e. The molecule has 1 atom stereocenters. The van der Waals surface area contributed by atoms with Crippen LogP contribution in [0.5, 0.6) is 0 Å². The quantitative estimate of drug-likeness (QED) is 0.785. The normalized spacial score (nSPS) is 18.6. The first-order valence-electron chi connectivity index (χ1n) is 6.72. The zero-order valence-corrected chi connectivity index (χ0v) is 12.5. The number of aryl methyl sites for hydroxylation is 1. The Morgan fingerprint density at radius 1 is 1.20 bits per heavy atom. The van der Waals surface area contributed by atoms with Crippen LogP contribution >= 0.6 is 11.8 Å². The third-order valence-corrected chi connectivity index (χ3v) is 4.72. The van der Waals surface area contributed by atoms with Gasteiger partial charge in [-0.3, -0.25) is 9.69 Å². The molecule has 20 heavy (non-hydrogen) atoms. The van der Waals surface area contributed by atoms with Gasteiger partial charge in [0.15, 0.2) is 0 Å². The maximum atomic E-state index is 12.2. The fourth-order valence-corrected chi connectivity index (χ4v) is 3.65. The molecule has 100 valence electrons. The minimum Gasteiger partial charge on any atom is -0.295 e. The largest absolute Gasteiger partial charge is 0.295 e. The van der Waals surface area contributed by atoms with Crippen molar-refractivity contribution in [2.24, 2.45) is 0 Å². The van der Waals surface area contributed by atoms with Crippen molar-refractivity contribution in [1.82, 2.24) is 0 Å². The summed E-state index contributed by atoms with van der Waals surface area (Å²) < 4.78 is 0. The summed E-state index contributed by atoms with van der Waals surface area (Å²) in [5.74, 6) is 0.734. The average molecular weight is 281 g/mol. The van der Waals surface area contributed by atoms with Gasteiger partial charge in [-0.1, -0.05) is 47.4 Å². The Kier molecular flexibility index (Phi) is 3.57. The van der Waals surface area contributed by atoms with E-state index < -0.39 is 0 Å². The molecule has 1 unspecified atom stereocenters. The van der Waals surface area contributed by atoms with Crippen LogP contribution in [0.1, 0.15) is 16.5 Å². The summed E-state index contributed by atoms with van der Waals surface area (Å²) in [7, 11) is 2.06. The molecule has 2 aromatic rings. The Labute approximate surface area is 124 Å². The standard InChI is InChI=1S/C16H16BNOS/c1-11-3-2-4-12(9-11)16-18(15(19)10-20-16)14-7-5-13(17)6-8-14/h2-9,16H,10,17H2,1H3. The van der Waals surface area contributed by atoms with E-state index in [1.54, 1.807) is 11.8 Å². The monoisotopic (exact) mass is 281 g/mol. The van der Waals surface area contributed by atoms with Crippen LogP contribution in [0.15, 0.2) is 48.5 Å². The van der Waals surface area contributed by atoms with Crippen molar-refractivity contribution >= 4 is 36.7 Å². The highest BCUT2D eigenvalue weighted by molar-refractivity contribution is 8.00. The number of nitrogens with zero attached hydrogens (tertiary/aromatic N) is 1. The van der Waals surface area contributed by atoms with Crippen LogP contribution in [0.4, 0.5) is 5.69 Å². The summed E-state index contributed by atoms with van der Waals surface area (Å²) >= 11 is 1.70.